The molecule has 1 aromatic heterocycles. The van der Waals surface area contributed by atoms with Crippen LogP contribution in [-0.2, 0) is 11.3 Å². The lowest BCUT2D eigenvalue weighted by Gasteiger charge is -2.32. The van der Waals surface area contributed by atoms with Crippen LogP contribution >= 0.6 is 24.0 Å². The SMILES string of the molecule is CCNC(=NCc1coc(-c2ccc(C)cc2)n1)NCC1CCCOC1c1ccccc1.I. The number of guanidine groups is 1. The number of hydrogen-bond donors (Lipinski definition) is 2. The van der Waals surface area contributed by atoms with E-state index in [0.29, 0.717) is 18.4 Å². The number of aliphatic imine (C=N–C) groups is 1. The molecule has 4 rings (SSSR count). The summed E-state index contributed by atoms with van der Waals surface area (Å²) < 4.78 is 11.8. The van der Waals surface area contributed by atoms with Crippen LogP contribution in [0.2, 0.25) is 0 Å². The topological polar surface area (TPSA) is 71.7 Å². The maximum Gasteiger partial charge on any atom is 0.226 e. The third kappa shape index (κ3) is 7.04. The first kappa shape index (κ1) is 25.2. The van der Waals surface area contributed by atoms with Gasteiger partial charge in [-0.2, -0.15) is 0 Å². The number of ether oxygens (including phenoxy) is 1. The van der Waals surface area contributed by atoms with E-state index in [1.807, 2.05) is 18.2 Å². The van der Waals surface area contributed by atoms with E-state index < -0.39 is 0 Å². The molecule has 3 aromatic rings. The van der Waals surface area contributed by atoms with Crippen molar-refractivity contribution in [2.75, 3.05) is 19.7 Å². The van der Waals surface area contributed by atoms with E-state index in [1.165, 1.54) is 11.1 Å². The van der Waals surface area contributed by atoms with E-state index in [4.69, 9.17) is 14.1 Å². The molecule has 2 atom stereocenters. The van der Waals surface area contributed by atoms with Gasteiger partial charge in [0.1, 0.15) is 12.0 Å². The number of rotatable bonds is 7. The molecule has 1 aliphatic rings. The Labute approximate surface area is 213 Å². The van der Waals surface area contributed by atoms with Crippen LogP contribution < -0.4 is 10.6 Å². The summed E-state index contributed by atoms with van der Waals surface area (Å²) >= 11 is 0. The lowest BCUT2D eigenvalue weighted by atomic mass is 9.89. The zero-order valence-electron chi connectivity index (χ0n) is 19.3. The molecule has 6 nitrogen and oxygen atoms in total. The van der Waals surface area contributed by atoms with Crippen molar-refractivity contribution in [1.82, 2.24) is 15.6 Å². The summed E-state index contributed by atoms with van der Waals surface area (Å²) in [5, 5.41) is 6.84. The van der Waals surface area contributed by atoms with E-state index >= 15 is 0 Å². The number of aryl methyl sites for hydroxylation is 1. The summed E-state index contributed by atoms with van der Waals surface area (Å²) in [6, 6.07) is 18.7. The average Bonchev–Trinajstić information content (AvgIpc) is 3.31. The van der Waals surface area contributed by atoms with E-state index in [2.05, 4.69) is 65.9 Å². The highest BCUT2D eigenvalue weighted by atomic mass is 127. The summed E-state index contributed by atoms with van der Waals surface area (Å²) in [6.07, 6.45) is 4.02. The highest BCUT2D eigenvalue weighted by Gasteiger charge is 2.27. The minimum atomic E-state index is 0. The maximum atomic E-state index is 6.13. The number of oxazole rings is 1. The molecule has 0 amide bonds. The van der Waals surface area contributed by atoms with Crippen molar-refractivity contribution in [3.63, 3.8) is 0 Å². The fraction of sp³-hybridized carbons (Fsp3) is 0.385. The fourth-order valence-corrected chi connectivity index (χ4v) is 4.00. The first-order valence-electron chi connectivity index (χ1n) is 11.4. The monoisotopic (exact) mass is 560 g/mol. The predicted molar refractivity (Wildman–Crippen MR) is 143 cm³/mol. The molecule has 2 heterocycles. The number of nitrogens with zero attached hydrogens (tertiary/aromatic N) is 2. The van der Waals surface area contributed by atoms with Crippen LogP contribution in [0.15, 0.2) is 70.3 Å². The van der Waals surface area contributed by atoms with Gasteiger partial charge in [-0.3, -0.25) is 0 Å². The van der Waals surface area contributed by atoms with Crippen molar-refractivity contribution in [2.45, 2.75) is 39.3 Å². The summed E-state index contributed by atoms with van der Waals surface area (Å²) in [5.41, 5.74) is 4.23. The van der Waals surface area contributed by atoms with Crippen molar-refractivity contribution >= 4 is 29.9 Å². The van der Waals surface area contributed by atoms with Crippen LogP contribution in [0.25, 0.3) is 11.5 Å². The molecule has 2 N–H and O–H groups in total. The Balaban J connectivity index is 0.00000306. The highest BCUT2D eigenvalue weighted by Crippen LogP contribution is 2.33. The van der Waals surface area contributed by atoms with Crippen molar-refractivity contribution < 1.29 is 9.15 Å². The van der Waals surface area contributed by atoms with Crippen LogP contribution in [0.5, 0.6) is 0 Å². The number of benzene rings is 2. The summed E-state index contributed by atoms with van der Waals surface area (Å²) in [5.74, 6) is 1.80. The summed E-state index contributed by atoms with van der Waals surface area (Å²) in [4.78, 5) is 9.31. The number of nitrogens with one attached hydrogen (secondary N) is 2. The molecule has 1 fully saturated rings. The van der Waals surface area contributed by atoms with Gasteiger partial charge in [-0.1, -0.05) is 48.0 Å². The fourth-order valence-electron chi connectivity index (χ4n) is 4.00. The summed E-state index contributed by atoms with van der Waals surface area (Å²) in [6.45, 7) is 7.00. The van der Waals surface area contributed by atoms with E-state index in [1.54, 1.807) is 6.26 Å². The first-order valence-corrected chi connectivity index (χ1v) is 11.4. The van der Waals surface area contributed by atoms with Crippen molar-refractivity contribution in [1.29, 1.82) is 0 Å². The molecular formula is C26H33IN4O2. The third-order valence-corrected chi connectivity index (χ3v) is 5.70. The number of aromatic nitrogens is 1. The molecule has 0 bridgehead atoms. The predicted octanol–water partition coefficient (Wildman–Crippen LogP) is 5.49. The lowest BCUT2D eigenvalue weighted by Crippen LogP contribution is -2.42. The molecule has 2 aromatic carbocycles. The molecular weight excluding hydrogens is 527 g/mol. The van der Waals surface area contributed by atoms with Gasteiger partial charge < -0.3 is 19.8 Å². The van der Waals surface area contributed by atoms with Crippen LogP contribution in [0.1, 0.15) is 42.7 Å². The zero-order chi connectivity index (χ0) is 22.2. The lowest BCUT2D eigenvalue weighted by molar-refractivity contribution is -0.0265. The molecule has 7 heteroatoms. The van der Waals surface area contributed by atoms with Gasteiger partial charge in [0.25, 0.3) is 0 Å². The van der Waals surface area contributed by atoms with Crippen LogP contribution in [-0.4, -0.2) is 30.6 Å². The first-order chi connectivity index (χ1) is 15.7. The van der Waals surface area contributed by atoms with Gasteiger partial charge in [0.05, 0.1) is 12.6 Å². The zero-order valence-corrected chi connectivity index (χ0v) is 21.6. The van der Waals surface area contributed by atoms with Gasteiger partial charge in [0.2, 0.25) is 5.89 Å². The van der Waals surface area contributed by atoms with Crippen molar-refractivity contribution in [3.8, 4) is 11.5 Å². The molecule has 0 aliphatic carbocycles. The van der Waals surface area contributed by atoms with Gasteiger partial charge >= 0.3 is 0 Å². The normalized spacial score (nSPS) is 18.4. The molecule has 176 valence electrons. The Hall–Kier alpha value is -2.39. The second-order valence-electron chi connectivity index (χ2n) is 8.19. The van der Waals surface area contributed by atoms with Crippen LogP contribution in [0.3, 0.4) is 0 Å². The van der Waals surface area contributed by atoms with Crippen molar-refractivity contribution in [2.24, 2.45) is 10.9 Å². The minimum absolute atomic E-state index is 0. The number of halogens is 1. The Morgan fingerprint density at radius 2 is 1.88 bits per heavy atom. The van der Waals surface area contributed by atoms with Crippen LogP contribution in [0.4, 0.5) is 0 Å². The molecule has 0 saturated carbocycles. The quantitative estimate of drug-likeness (QED) is 0.227. The average molecular weight is 560 g/mol. The standard InChI is InChI=1S/C26H32N4O2.HI/c1-3-27-26(28-16-22-10-7-15-31-24(22)20-8-5-4-6-9-20)29-17-23-18-32-25(30-23)21-13-11-19(2)12-14-21;/h4-6,8-9,11-14,18,22,24H,3,7,10,15-17H2,1-2H3,(H2,27,28,29);1H. The minimum Gasteiger partial charge on any atom is -0.444 e. The largest absolute Gasteiger partial charge is 0.444 e. The molecule has 1 saturated heterocycles. The molecule has 33 heavy (non-hydrogen) atoms. The molecule has 2 unspecified atom stereocenters. The Kier molecular flexibility index (Phi) is 9.75. The van der Waals surface area contributed by atoms with Crippen molar-refractivity contribution in [3.05, 3.63) is 77.7 Å². The second-order valence-corrected chi connectivity index (χ2v) is 8.19. The highest BCUT2D eigenvalue weighted by molar-refractivity contribution is 14.0. The second kappa shape index (κ2) is 12.7. The third-order valence-electron chi connectivity index (χ3n) is 5.70. The van der Waals surface area contributed by atoms with Gasteiger partial charge in [0.15, 0.2) is 5.96 Å². The number of hydrogen-bond acceptors (Lipinski definition) is 4. The molecule has 0 radical (unpaired) electrons. The smallest absolute Gasteiger partial charge is 0.226 e. The van der Waals surface area contributed by atoms with E-state index in [-0.39, 0.29) is 30.1 Å². The molecule has 1 aliphatic heterocycles. The van der Waals surface area contributed by atoms with E-state index in [0.717, 1.165) is 49.8 Å². The van der Waals surface area contributed by atoms with E-state index in [9.17, 15) is 0 Å². The Morgan fingerprint density at radius 1 is 1.09 bits per heavy atom. The van der Waals surface area contributed by atoms with Crippen LogP contribution in [0, 0.1) is 12.8 Å². The molecule has 0 spiro atoms. The van der Waals surface area contributed by atoms with Gasteiger partial charge in [-0.15, -0.1) is 24.0 Å². The summed E-state index contributed by atoms with van der Waals surface area (Å²) in [7, 11) is 0. The Bertz CT molecular complexity index is 1000. The van der Waals surface area contributed by atoms with Gasteiger partial charge in [-0.05, 0) is 44.4 Å². The van der Waals surface area contributed by atoms with Gasteiger partial charge in [-0.25, -0.2) is 9.98 Å². The van der Waals surface area contributed by atoms with Gasteiger partial charge in [0, 0.05) is 31.2 Å². The maximum absolute atomic E-state index is 6.13. The Morgan fingerprint density at radius 3 is 2.64 bits per heavy atom.